The lowest BCUT2D eigenvalue weighted by Gasteiger charge is -2.03. The molecule has 0 unspecified atom stereocenters. The van der Waals surface area contributed by atoms with Crippen LogP contribution >= 0.6 is 11.3 Å². The minimum absolute atomic E-state index is 0.109. The van der Waals surface area contributed by atoms with Gasteiger partial charge in [-0.25, -0.2) is 9.78 Å². The van der Waals surface area contributed by atoms with E-state index < -0.39 is 5.97 Å². The predicted molar refractivity (Wildman–Crippen MR) is 98.4 cm³/mol. The van der Waals surface area contributed by atoms with E-state index >= 15 is 0 Å². The van der Waals surface area contributed by atoms with Crippen LogP contribution in [0.5, 0.6) is 0 Å². The Bertz CT molecular complexity index is 956. The molecule has 1 aromatic carbocycles. The van der Waals surface area contributed by atoms with Crippen molar-refractivity contribution in [3.05, 3.63) is 46.6 Å². The number of amides is 1. The Kier molecular flexibility index (Phi) is 4.59. The molecule has 2 heterocycles. The first kappa shape index (κ1) is 17.2. The number of fused-ring (bicyclic) bond motifs is 1. The molecule has 1 N–H and O–H groups in total. The fourth-order valence-electron chi connectivity index (χ4n) is 2.61. The standard InChI is InChI=1S/C18H19N3O3S/c1-10(2)15-14(17(23)24-4)19-18(25-15)20-16(22)12-5-6-13-11(9-12)7-8-21(13)3/h5-10H,1-4H3,(H,19,20,22). The van der Waals surface area contributed by atoms with Gasteiger partial charge in [-0.3, -0.25) is 10.1 Å². The molecule has 0 spiro atoms. The Labute approximate surface area is 149 Å². The number of rotatable bonds is 4. The smallest absolute Gasteiger partial charge is 0.357 e. The molecule has 7 heteroatoms. The number of carbonyl (C=O) groups is 2. The number of nitrogens with one attached hydrogen (secondary N) is 1. The maximum Gasteiger partial charge on any atom is 0.357 e. The zero-order chi connectivity index (χ0) is 18.1. The summed E-state index contributed by atoms with van der Waals surface area (Å²) in [7, 11) is 3.28. The van der Waals surface area contributed by atoms with Crippen molar-refractivity contribution in [2.75, 3.05) is 12.4 Å². The van der Waals surface area contributed by atoms with Crippen molar-refractivity contribution in [2.24, 2.45) is 7.05 Å². The van der Waals surface area contributed by atoms with E-state index in [4.69, 9.17) is 4.74 Å². The molecule has 0 radical (unpaired) electrons. The Morgan fingerprint density at radius 1 is 1.28 bits per heavy atom. The van der Waals surface area contributed by atoms with Crippen molar-refractivity contribution in [1.82, 2.24) is 9.55 Å². The lowest BCUT2D eigenvalue weighted by atomic mass is 10.1. The van der Waals surface area contributed by atoms with Crippen LogP contribution in [0.25, 0.3) is 10.9 Å². The highest BCUT2D eigenvalue weighted by Gasteiger charge is 2.22. The van der Waals surface area contributed by atoms with Crippen molar-refractivity contribution < 1.29 is 14.3 Å². The van der Waals surface area contributed by atoms with Crippen molar-refractivity contribution in [1.29, 1.82) is 0 Å². The van der Waals surface area contributed by atoms with Crippen molar-refractivity contribution >= 4 is 39.2 Å². The Morgan fingerprint density at radius 2 is 2.04 bits per heavy atom. The highest BCUT2D eigenvalue weighted by Crippen LogP contribution is 2.30. The second kappa shape index (κ2) is 6.68. The molecule has 2 aromatic heterocycles. The molecule has 0 bridgehead atoms. The summed E-state index contributed by atoms with van der Waals surface area (Å²) < 4.78 is 6.77. The summed E-state index contributed by atoms with van der Waals surface area (Å²) in [6.07, 6.45) is 1.95. The quantitative estimate of drug-likeness (QED) is 0.721. The molecule has 0 aliphatic heterocycles. The summed E-state index contributed by atoms with van der Waals surface area (Å²) >= 11 is 1.29. The number of aryl methyl sites for hydroxylation is 1. The highest BCUT2D eigenvalue weighted by molar-refractivity contribution is 7.16. The van der Waals surface area contributed by atoms with Crippen LogP contribution in [0.15, 0.2) is 30.5 Å². The van der Waals surface area contributed by atoms with Gasteiger partial charge < -0.3 is 9.30 Å². The van der Waals surface area contributed by atoms with E-state index in [1.54, 1.807) is 6.07 Å². The van der Waals surface area contributed by atoms with E-state index in [0.29, 0.717) is 10.7 Å². The first-order valence-corrected chi connectivity index (χ1v) is 8.68. The van der Waals surface area contributed by atoms with Gasteiger partial charge in [-0.1, -0.05) is 13.8 Å². The minimum atomic E-state index is -0.494. The average molecular weight is 357 g/mol. The van der Waals surface area contributed by atoms with Gasteiger partial charge in [0.05, 0.1) is 7.11 Å². The van der Waals surface area contributed by atoms with Gasteiger partial charge in [0.15, 0.2) is 10.8 Å². The molecule has 0 aliphatic rings. The number of thiazole rings is 1. The first-order chi connectivity index (χ1) is 11.9. The van der Waals surface area contributed by atoms with E-state index in [-0.39, 0.29) is 17.5 Å². The van der Waals surface area contributed by atoms with Gasteiger partial charge in [-0.2, -0.15) is 0 Å². The van der Waals surface area contributed by atoms with E-state index in [1.807, 2.05) is 49.9 Å². The number of anilines is 1. The molecule has 0 atom stereocenters. The SMILES string of the molecule is COC(=O)c1nc(NC(=O)c2ccc3c(ccn3C)c2)sc1C(C)C. The second-order valence-corrected chi connectivity index (χ2v) is 7.06. The third kappa shape index (κ3) is 3.28. The van der Waals surface area contributed by atoms with E-state index in [9.17, 15) is 9.59 Å². The van der Waals surface area contributed by atoms with Gasteiger partial charge in [-0.05, 0) is 30.2 Å². The Balaban J connectivity index is 1.87. The molecular formula is C18H19N3O3S. The highest BCUT2D eigenvalue weighted by atomic mass is 32.1. The third-order valence-corrected chi connectivity index (χ3v) is 5.20. The number of esters is 1. The molecule has 0 saturated carbocycles. The van der Waals surface area contributed by atoms with E-state index in [1.165, 1.54) is 18.4 Å². The topological polar surface area (TPSA) is 73.2 Å². The zero-order valence-corrected chi connectivity index (χ0v) is 15.3. The fraction of sp³-hybridized carbons (Fsp3) is 0.278. The molecular weight excluding hydrogens is 338 g/mol. The number of carbonyl (C=O) groups excluding carboxylic acids is 2. The largest absolute Gasteiger partial charge is 0.464 e. The van der Waals surface area contributed by atoms with Gasteiger partial charge >= 0.3 is 5.97 Å². The summed E-state index contributed by atoms with van der Waals surface area (Å²) in [6, 6.07) is 7.48. The number of ether oxygens (including phenoxy) is 1. The monoisotopic (exact) mass is 357 g/mol. The minimum Gasteiger partial charge on any atom is -0.464 e. The van der Waals surface area contributed by atoms with Crippen LogP contribution in [0.1, 0.15) is 45.5 Å². The normalized spacial score (nSPS) is 11.1. The number of nitrogens with zero attached hydrogens (tertiary/aromatic N) is 2. The summed E-state index contributed by atoms with van der Waals surface area (Å²) in [5.41, 5.74) is 1.86. The molecule has 130 valence electrons. The van der Waals surface area contributed by atoms with Crippen LogP contribution < -0.4 is 5.32 Å². The summed E-state index contributed by atoms with van der Waals surface area (Å²) in [6.45, 7) is 3.93. The van der Waals surface area contributed by atoms with E-state index in [2.05, 4.69) is 10.3 Å². The fourth-order valence-corrected chi connectivity index (χ4v) is 3.56. The Hall–Kier alpha value is -2.67. The summed E-state index contributed by atoms with van der Waals surface area (Å²) in [5.74, 6) is -0.643. The Morgan fingerprint density at radius 3 is 2.72 bits per heavy atom. The predicted octanol–water partition coefficient (Wildman–Crippen LogP) is 3.80. The van der Waals surface area contributed by atoms with Crippen LogP contribution in [0, 0.1) is 0 Å². The van der Waals surface area contributed by atoms with Crippen LogP contribution in [0.2, 0.25) is 0 Å². The molecule has 3 rings (SSSR count). The molecule has 0 fully saturated rings. The van der Waals surface area contributed by atoms with Crippen molar-refractivity contribution in [3.63, 3.8) is 0 Å². The average Bonchev–Trinajstić information content (AvgIpc) is 3.18. The van der Waals surface area contributed by atoms with Gasteiger partial charge in [0.25, 0.3) is 5.91 Å². The molecule has 0 aliphatic carbocycles. The lowest BCUT2D eigenvalue weighted by Crippen LogP contribution is -2.12. The van der Waals surface area contributed by atoms with Crippen LogP contribution in [-0.2, 0) is 11.8 Å². The number of methoxy groups -OCH3 is 1. The molecule has 0 saturated heterocycles. The second-order valence-electron chi connectivity index (χ2n) is 6.03. The van der Waals surface area contributed by atoms with Gasteiger partial charge in [0, 0.05) is 34.6 Å². The molecule has 3 aromatic rings. The molecule has 6 nitrogen and oxygen atoms in total. The summed E-state index contributed by atoms with van der Waals surface area (Å²) in [5, 5.41) is 4.16. The van der Waals surface area contributed by atoms with Crippen LogP contribution in [0.4, 0.5) is 5.13 Å². The van der Waals surface area contributed by atoms with Crippen LogP contribution in [0.3, 0.4) is 0 Å². The zero-order valence-electron chi connectivity index (χ0n) is 14.5. The van der Waals surface area contributed by atoms with Crippen LogP contribution in [-0.4, -0.2) is 28.5 Å². The number of hydrogen-bond acceptors (Lipinski definition) is 5. The number of benzene rings is 1. The molecule has 1 amide bonds. The number of hydrogen-bond donors (Lipinski definition) is 1. The summed E-state index contributed by atoms with van der Waals surface area (Å²) in [4.78, 5) is 29.4. The van der Waals surface area contributed by atoms with Gasteiger partial charge in [0.2, 0.25) is 0 Å². The number of aromatic nitrogens is 2. The molecule has 25 heavy (non-hydrogen) atoms. The lowest BCUT2D eigenvalue weighted by molar-refractivity contribution is 0.0593. The van der Waals surface area contributed by atoms with Gasteiger partial charge in [-0.15, -0.1) is 11.3 Å². The maximum absolute atomic E-state index is 12.5. The van der Waals surface area contributed by atoms with E-state index in [0.717, 1.165) is 15.8 Å². The third-order valence-electron chi connectivity index (χ3n) is 3.92. The van der Waals surface area contributed by atoms with Gasteiger partial charge in [0.1, 0.15) is 0 Å². The van der Waals surface area contributed by atoms with Crippen molar-refractivity contribution in [2.45, 2.75) is 19.8 Å². The van der Waals surface area contributed by atoms with Crippen molar-refractivity contribution in [3.8, 4) is 0 Å². The maximum atomic E-state index is 12.5. The first-order valence-electron chi connectivity index (χ1n) is 7.86.